The van der Waals surface area contributed by atoms with Gasteiger partial charge in [0.25, 0.3) is 10.0 Å². The highest BCUT2D eigenvalue weighted by atomic mass is 35.5. The van der Waals surface area contributed by atoms with Crippen molar-refractivity contribution in [1.29, 1.82) is 0 Å². The first-order valence-electron chi connectivity index (χ1n) is 6.30. The van der Waals surface area contributed by atoms with Gasteiger partial charge in [-0.15, -0.1) is 11.3 Å². The Balaban J connectivity index is 1.80. The van der Waals surface area contributed by atoms with Crippen LogP contribution in [-0.2, 0) is 14.8 Å². The van der Waals surface area contributed by atoms with Crippen LogP contribution in [0, 0.1) is 0 Å². The molecule has 1 N–H and O–H groups in total. The minimum Gasteiger partial charge on any atom is -0.377 e. The molecule has 1 atom stereocenters. The Hall–Kier alpha value is -0.670. The van der Waals surface area contributed by atoms with Crippen LogP contribution in [0.15, 0.2) is 16.6 Å². The highest BCUT2D eigenvalue weighted by molar-refractivity contribution is 7.89. The molecule has 1 fully saturated rings. The maximum Gasteiger partial charge on any atom is 0.259 e. The quantitative estimate of drug-likeness (QED) is 0.926. The summed E-state index contributed by atoms with van der Waals surface area (Å²) >= 11 is 7.27. The SMILES string of the molecule is O=S(=O)(NCC1CCCCO1)c1c(Cl)nc2sccn12. The lowest BCUT2D eigenvalue weighted by Crippen LogP contribution is -2.35. The summed E-state index contributed by atoms with van der Waals surface area (Å²) in [6, 6.07) is 0. The number of ether oxygens (including phenoxy) is 1. The van der Waals surface area contributed by atoms with Gasteiger partial charge in [-0.25, -0.2) is 18.1 Å². The average Bonchev–Trinajstić information content (AvgIpc) is 2.97. The van der Waals surface area contributed by atoms with Gasteiger partial charge >= 0.3 is 0 Å². The minimum atomic E-state index is -3.70. The van der Waals surface area contributed by atoms with Crippen LogP contribution in [0.5, 0.6) is 0 Å². The van der Waals surface area contributed by atoms with E-state index in [2.05, 4.69) is 9.71 Å². The number of imidazole rings is 1. The molecule has 1 unspecified atom stereocenters. The number of hydrogen-bond acceptors (Lipinski definition) is 5. The third kappa shape index (κ3) is 2.71. The zero-order valence-electron chi connectivity index (χ0n) is 10.6. The fraction of sp³-hybridized carbons (Fsp3) is 0.545. The Kier molecular flexibility index (Phi) is 4.00. The monoisotopic (exact) mass is 335 g/mol. The van der Waals surface area contributed by atoms with E-state index >= 15 is 0 Å². The summed E-state index contributed by atoms with van der Waals surface area (Å²) in [6.45, 7) is 0.949. The average molecular weight is 336 g/mol. The smallest absolute Gasteiger partial charge is 0.259 e. The van der Waals surface area contributed by atoms with Gasteiger partial charge in [0, 0.05) is 24.7 Å². The molecule has 110 valence electrons. The second-order valence-corrected chi connectivity index (χ2v) is 7.52. The Labute approximate surface area is 125 Å². The van der Waals surface area contributed by atoms with E-state index < -0.39 is 10.0 Å². The van der Waals surface area contributed by atoms with E-state index in [1.165, 1.54) is 15.7 Å². The number of aromatic nitrogens is 2. The van der Waals surface area contributed by atoms with Crippen LogP contribution in [0.4, 0.5) is 0 Å². The molecule has 0 amide bonds. The van der Waals surface area contributed by atoms with E-state index in [9.17, 15) is 8.42 Å². The maximum absolute atomic E-state index is 12.4. The number of rotatable bonds is 4. The number of sulfonamides is 1. The molecule has 0 radical (unpaired) electrons. The van der Waals surface area contributed by atoms with Crippen LogP contribution >= 0.6 is 22.9 Å². The van der Waals surface area contributed by atoms with E-state index in [4.69, 9.17) is 16.3 Å². The fourth-order valence-electron chi connectivity index (χ4n) is 2.22. The van der Waals surface area contributed by atoms with Crippen molar-refractivity contribution in [3.8, 4) is 0 Å². The van der Waals surface area contributed by atoms with E-state index in [-0.39, 0.29) is 22.8 Å². The van der Waals surface area contributed by atoms with Gasteiger partial charge in [0.05, 0.1) is 6.10 Å². The summed E-state index contributed by atoms with van der Waals surface area (Å²) in [4.78, 5) is 4.59. The zero-order chi connectivity index (χ0) is 14.2. The Morgan fingerprint density at radius 3 is 3.15 bits per heavy atom. The zero-order valence-corrected chi connectivity index (χ0v) is 13.0. The summed E-state index contributed by atoms with van der Waals surface area (Å²) in [5.74, 6) is 0. The van der Waals surface area contributed by atoms with Gasteiger partial charge in [-0.1, -0.05) is 11.6 Å². The van der Waals surface area contributed by atoms with Crippen LogP contribution in [0.3, 0.4) is 0 Å². The van der Waals surface area contributed by atoms with Crippen LogP contribution < -0.4 is 4.72 Å². The molecule has 1 saturated heterocycles. The highest BCUT2D eigenvalue weighted by Gasteiger charge is 2.26. The molecular weight excluding hydrogens is 322 g/mol. The van der Waals surface area contributed by atoms with Crippen molar-refractivity contribution < 1.29 is 13.2 Å². The summed E-state index contributed by atoms with van der Waals surface area (Å²) in [5.41, 5.74) is 0. The molecule has 3 heterocycles. The molecule has 0 bridgehead atoms. The van der Waals surface area contributed by atoms with Gasteiger partial charge < -0.3 is 4.74 Å². The molecule has 2 aromatic heterocycles. The maximum atomic E-state index is 12.4. The van der Waals surface area contributed by atoms with Crippen molar-refractivity contribution in [3.63, 3.8) is 0 Å². The summed E-state index contributed by atoms with van der Waals surface area (Å²) in [7, 11) is -3.70. The number of halogens is 1. The second-order valence-electron chi connectivity index (χ2n) is 4.60. The molecule has 9 heteroatoms. The van der Waals surface area contributed by atoms with Crippen molar-refractivity contribution in [2.45, 2.75) is 30.4 Å². The van der Waals surface area contributed by atoms with Crippen LogP contribution in [-0.4, -0.2) is 37.1 Å². The predicted molar refractivity (Wildman–Crippen MR) is 76.9 cm³/mol. The first-order valence-corrected chi connectivity index (χ1v) is 9.04. The predicted octanol–water partition coefficient (Wildman–Crippen LogP) is 1.90. The fourth-order valence-corrected chi connectivity index (χ4v) is 4.73. The third-order valence-corrected chi connectivity index (χ3v) is 5.79. The Morgan fingerprint density at radius 1 is 1.55 bits per heavy atom. The third-order valence-electron chi connectivity index (χ3n) is 3.21. The first kappa shape index (κ1) is 14.3. The standard InChI is InChI=1S/C11H14ClN3O3S2/c12-9-10(15-4-6-19-11(15)14-9)20(16,17)13-7-8-3-1-2-5-18-8/h4,6,8,13H,1-3,5,7H2. The minimum absolute atomic E-state index is 0.00564. The number of nitrogens with one attached hydrogen (secondary N) is 1. The molecule has 1 aliphatic heterocycles. The highest BCUT2D eigenvalue weighted by Crippen LogP contribution is 2.25. The summed E-state index contributed by atoms with van der Waals surface area (Å²) in [5, 5.41) is 1.75. The molecule has 3 rings (SSSR count). The van der Waals surface area contributed by atoms with Crippen molar-refractivity contribution in [2.24, 2.45) is 0 Å². The molecule has 0 aromatic carbocycles. The lowest BCUT2D eigenvalue weighted by atomic mass is 10.1. The number of thiazole rings is 1. The van der Waals surface area contributed by atoms with Gasteiger partial charge in [0.1, 0.15) is 0 Å². The van der Waals surface area contributed by atoms with Gasteiger partial charge in [-0.3, -0.25) is 4.40 Å². The molecule has 20 heavy (non-hydrogen) atoms. The van der Waals surface area contributed by atoms with E-state index in [0.29, 0.717) is 11.6 Å². The molecule has 0 saturated carbocycles. The topological polar surface area (TPSA) is 72.7 Å². The van der Waals surface area contributed by atoms with Crippen molar-refractivity contribution >= 4 is 37.9 Å². The first-order chi connectivity index (χ1) is 9.58. The Morgan fingerprint density at radius 2 is 2.40 bits per heavy atom. The molecule has 0 spiro atoms. The van der Waals surface area contributed by atoms with E-state index in [1.54, 1.807) is 11.6 Å². The molecule has 0 aliphatic carbocycles. The Bertz CT molecular complexity index is 704. The van der Waals surface area contributed by atoms with Crippen molar-refractivity contribution in [1.82, 2.24) is 14.1 Å². The summed E-state index contributed by atoms with van der Waals surface area (Å²) < 4.78 is 34.3. The van der Waals surface area contributed by atoms with Gasteiger partial charge in [0.15, 0.2) is 15.1 Å². The normalized spacial score (nSPS) is 20.6. The largest absolute Gasteiger partial charge is 0.377 e. The van der Waals surface area contributed by atoms with Gasteiger partial charge in [0.2, 0.25) is 0 Å². The van der Waals surface area contributed by atoms with Crippen LogP contribution in [0.2, 0.25) is 5.15 Å². The van der Waals surface area contributed by atoms with Crippen molar-refractivity contribution in [2.75, 3.05) is 13.2 Å². The lowest BCUT2D eigenvalue weighted by Gasteiger charge is -2.22. The molecule has 2 aromatic rings. The number of fused-ring (bicyclic) bond motifs is 1. The van der Waals surface area contributed by atoms with Crippen molar-refractivity contribution in [3.05, 3.63) is 16.7 Å². The number of nitrogens with zero attached hydrogens (tertiary/aromatic N) is 2. The van der Waals surface area contributed by atoms with Gasteiger partial charge in [-0.05, 0) is 19.3 Å². The van der Waals surface area contributed by atoms with Gasteiger partial charge in [-0.2, -0.15) is 0 Å². The molecular formula is C11H14ClN3O3S2. The van der Waals surface area contributed by atoms with Crippen LogP contribution in [0.1, 0.15) is 19.3 Å². The van der Waals surface area contributed by atoms with E-state index in [0.717, 1.165) is 19.3 Å². The molecule has 1 aliphatic rings. The number of hydrogen-bond donors (Lipinski definition) is 1. The van der Waals surface area contributed by atoms with Crippen LogP contribution in [0.25, 0.3) is 4.96 Å². The van der Waals surface area contributed by atoms with E-state index in [1.807, 2.05) is 0 Å². The molecule has 6 nitrogen and oxygen atoms in total. The lowest BCUT2D eigenvalue weighted by molar-refractivity contribution is 0.0200. The summed E-state index contributed by atoms with van der Waals surface area (Å²) in [6.07, 6.45) is 4.55. The second kappa shape index (κ2) is 5.61.